The number of rotatable bonds is 45. The molecule has 0 aliphatic heterocycles. The van der Waals surface area contributed by atoms with Crippen molar-refractivity contribution in [2.75, 3.05) is 19.6 Å². The van der Waals surface area contributed by atoms with Gasteiger partial charge in [-0.3, -0.25) is 0 Å². The van der Waals surface area contributed by atoms with Gasteiger partial charge < -0.3 is 10.2 Å². The molecule has 0 fully saturated rings. The van der Waals surface area contributed by atoms with Gasteiger partial charge in [0.25, 0.3) is 0 Å². The maximum absolute atomic E-state index is 13.2. The van der Waals surface area contributed by atoms with E-state index < -0.39 is 0 Å². The number of hydrogen-bond acceptors (Lipinski definition) is 1. The van der Waals surface area contributed by atoms with Gasteiger partial charge >= 0.3 is 6.03 Å². The van der Waals surface area contributed by atoms with E-state index >= 15 is 0 Å². The molecule has 52 heavy (non-hydrogen) atoms. The van der Waals surface area contributed by atoms with Gasteiger partial charge in [-0.1, -0.05) is 271 Å². The van der Waals surface area contributed by atoms with Crippen molar-refractivity contribution in [3.8, 4) is 0 Å². The largest absolute Gasteiger partial charge is 0.338 e. The third kappa shape index (κ3) is 42.0. The Labute approximate surface area is 330 Å². The van der Waals surface area contributed by atoms with Crippen LogP contribution in [-0.4, -0.2) is 30.6 Å². The van der Waals surface area contributed by atoms with Crippen LogP contribution in [-0.2, 0) is 0 Å². The Bertz CT molecular complexity index is 619. The van der Waals surface area contributed by atoms with Crippen molar-refractivity contribution in [2.24, 2.45) is 0 Å². The molecule has 0 spiro atoms. The number of unbranched alkanes of at least 4 members (excludes halogenated alkanes) is 39. The lowest BCUT2D eigenvalue weighted by atomic mass is 10.0. The highest BCUT2D eigenvalue weighted by Crippen LogP contribution is 2.16. The molecule has 2 amide bonds. The Balaban J connectivity index is 4.07. The van der Waals surface area contributed by atoms with Gasteiger partial charge in [0, 0.05) is 19.6 Å². The third-order valence-electron chi connectivity index (χ3n) is 11.7. The number of nitrogens with one attached hydrogen (secondary N) is 1. The monoisotopic (exact) mass is 733 g/mol. The summed E-state index contributed by atoms with van der Waals surface area (Å²) in [5, 5.41) is 3.31. The molecule has 0 radical (unpaired) electrons. The molecule has 0 aromatic heterocycles. The second-order valence-corrected chi connectivity index (χ2v) is 17.0. The van der Waals surface area contributed by atoms with Crippen LogP contribution in [0.4, 0.5) is 4.79 Å². The summed E-state index contributed by atoms with van der Waals surface area (Å²) in [6.07, 6.45) is 58.1. The molecule has 0 aliphatic carbocycles. The Hall–Kier alpha value is -0.730. The average molecular weight is 733 g/mol. The van der Waals surface area contributed by atoms with Gasteiger partial charge in [-0.25, -0.2) is 4.79 Å². The Morgan fingerprint density at radius 3 is 0.712 bits per heavy atom. The number of carbonyl (C=O) groups is 1. The van der Waals surface area contributed by atoms with Crippen molar-refractivity contribution in [3.05, 3.63) is 0 Å². The van der Waals surface area contributed by atoms with E-state index in [1.807, 2.05) is 0 Å². The van der Waals surface area contributed by atoms with E-state index in [4.69, 9.17) is 0 Å². The number of amides is 2. The van der Waals surface area contributed by atoms with E-state index in [1.165, 1.54) is 263 Å². The summed E-state index contributed by atoms with van der Waals surface area (Å²) in [4.78, 5) is 15.4. The third-order valence-corrected chi connectivity index (χ3v) is 11.7. The lowest BCUT2D eigenvalue weighted by Gasteiger charge is -2.23. The lowest BCUT2D eigenvalue weighted by molar-refractivity contribution is 0.195. The number of hydrogen-bond donors (Lipinski definition) is 1. The van der Waals surface area contributed by atoms with Gasteiger partial charge in [0.15, 0.2) is 0 Å². The summed E-state index contributed by atoms with van der Waals surface area (Å²) in [6, 6.07) is 0.207. The minimum absolute atomic E-state index is 0.207. The molecule has 1 N–H and O–H groups in total. The van der Waals surface area contributed by atoms with E-state index in [-0.39, 0.29) is 6.03 Å². The van der Waals surface area contributed by atoms with E-state index in [9.17, 15) is 4.79 Å². The molecular formula is C49H100N2O. The number of carbonyl (C=O) groups excluding carboxylic acids is 1. The second kappa shape index (κ2) is 46.4. The van der Waals surface area contributed by atoms with Crippen LogP contribution < -0.4 is 5.32 Å². The number of urea groups is 1. The van der Waals surface area contributed by atoms with Gasteiger partial charge in [-0.2, -0.15) is 0 Å². The highest BCUT2D eigenvalue weighted by Gasteiger charge is 2.12. The van der Waals surface area contributed by atoms with Crippen molar-refractivity contribution in [1.29, 1.82) is 0 Å². The fraction of sp³-hybridized carbons (Fsp3) is 0.980. The molecule has 3 nitrogen and oxygen atoms in total. The standard InChI is InChI=1S/C49H100N2O/c1-4-7-10-13-16-19-22-25-28-31-34-37-40-43-46-50-49(52)51(47-44-41-38-35-32-29-26-23-20-17-14-11-8-5-2)48-45-42-39-36-33-30-27-24-21-18-15-12-9-6-3/h4-48H2,1-3H3,(H,50,52). The minimum atomic E-state index is 0.207. The highest BCUT2D eigenvalue weighted by atomic mass is 16.2. The van der Waals surface area contributed by atoms with Crippen LogP contribution in [0, 0.1) is 0 Å². The van der Waals surface area contributed by atoms with Gasteiger partial charge in [-0.15, -0.1) is 0 Å². The van der Waals surface area contributed by atoms with Crippen LogP contribution in [0.5, 0.6) is 0 Å². The zero-order valence-corrected chi connectivity index (χ0v) is 36.7. The van der Waals surface area contributed by atoms with Crippen molar-refractivity contribution >= 4 is 6.03 Å². The predicted molar refractivity (Wildman–Crippen MR) is 236 cm³/mol. The first-order valence-electron chi connectivity index (χ1n) is 24.8. The highest BCUT2D eigenvalue weighted by molar-refractivity contribution is 5.74. The van der Waals surface area contributed by atoms with Gasteiger partial charge in [0.2, 0.25) is 0 Å². The molecule has 3 heteroatoms. The van der Waals surface area contributed by atoms with Crippen LogP contribution in [0.3, 0.4) is 0 Å². The van der Waals surface area contributed by atoms with Gasteiger partial charge in [0.05, 0.1) is 0 Å². The fourth-order valence-corrected chi connectivity index (χ4v) is 7.94. The lowest BCUT2D eigenvalue weighted by Crippen LogP contribution is -2.41. The topological polar surface area (TPSA) is 32.3 Å². The predicted octanol–water partition coefficient (Wildman–Crippen LogP) is 17.4. The first kappa shape index (κ1) is 51.3. The summed E-state index contributed by atoms with van der Waals surface area (Å²) in [5.74, 6) is 0. The van der Waals surface area contributed by atoms with Crippen molar-refractivity contribution in [1.82, 2.24) is 10.2 Å². The molecule has 0 atom stereocenters. The quantitative estimate of drug-likeness (QED) is 0.0621. The molecular weight excluding hydrogens is 633 g/mol. The molecule has 0 bridgehead atoms. The zero-order chi connectivity index (χ0) is 37.7. The van der Waals surface area contributed by atoms with E-state index in [0.717, 1.165) is 26.1 Å². The summed E-state index contributed by atoms with van der Waals surface area (Å²) in [6.45, 7) is 9.65. The maximum Gasteiger partial charge on any atom is 0.317 e. The van der Waals surface area contributed by atoms with Crippen LogP contribution in [0.15, 0.2) is 0 Å². The normalized spacial score (nSPS) is 11.4. The van der Waals surface area contributed by atoms with Crippen molar-refractivity contribution in [2.45, 2.75) is 290 Å². The van der Waals surface area contributed by atoms with E-state index in [2.05, 4.69) is 31.0 Å². The zero-order valence-electron chi connectivity index (χ0n) is 36.7. The minimum Gasteiger partial charge on any atom is -0.338 e. The second-order valence-electron chi connectivity index (χ2n) is 17.0. The van der Waals surface area contributed by atoms with Crippen molar-refractivity contribution in [3.63, 3.8) is 0 Å². The van der Waals surface area contributed by atoms with Crippen LogP contribution in [0.25, 0.3) is 0 Å². The molecule has 0 heterocycles. The Morgan fingerprint density at radius 1 is 0.288 bits per heavy atom. The summed E-state index contributed by atoms with van der Waals surface area (Å²) in [5.41, 5.74) is 0. The van der Waals surface area contributed by atoms with E-state index in [0.29, 0.717) is 0 Å². The SMILES string of the molecule is CCCCCCCCCCCCCCCCNC(=O)N(CCCCCCCCCCCCCCCC)CCCCCCCCCCCCCCCC. The molecule has 0 aliphatic rings. The first-order chi connectivity index (χ1) is 25.8. The molecule has 0 saturated carbocycles. The van der Waals surface area contributed by atoms with E-state index in [1.54, 1.807) is 0 Å². The van der Waals surface area contributed by atoms with Crippen molar-refractivity contribution < 1.29 is 4.79 Å². The molecule has 0 saturated heterocycles. The maximum atomic E-state index is 13.2. The molecule has 0 aromatic carbocycles. The molecule has 0 aromatic rings. The average Bonchev–Trinajstić information content (AvgIpc) is 3.15. The first-order valence-corrected chi connectivity index (χ1v) is 24.8. The summed E-state index contributed by atoms with van der Waals surface area (Å²) >= 11 is 0. The Morgan fingerprint density at radius 2 is 0.481 bits per heavy atom. The van der Waals surface area contributed by atoms with Gasteiger partial charge in [0.1, 0.15) is 0 Å². The summed E-state index contributed by atoms with van der Waals surface area (Å²) < 4.78 is 0. The summed E-state index contributed by atoms with van der Waals surface area (Å²) in [7, 11) is 0. The molecule has 0 rings (SSSR count). The number of nitrogens with zero attached hydrogens (tertiary/aromatic N) is 1. The molecule has 0 unspecified atom stereocenters. The smallest absolute Gasteiger partial charge is 0.317 e. The van der Waals surface area contributed by atoms with Crippen LogP contribution in [0.1, 0.15) is 290 Å². The van der Waals surface area contributed by atoms with Crippen LogP contribution in [0.2, 0.25) is 0 Å². The molecule has 312 valence electrons. The fourth-order valence-electron chi connectivity index (χ4n) is 7.94. The van der Waals surface area contributed by atoms with Gasteiger partial charge in [-0.05, 0) is 19.3 Å². The van der Waals surface area contributed by atoms with Crippen LogP contribution >= 0.6 is 0 Å². The Kier molecular flexibility index (Phi) is 45.8.